The second-order valence-corrected chi connectivity index (χ2v) is 4.24. The molecule has 0 radical (unpaired) electrons. The molecule has 0 aliphatic heterocycles. The molecule has 0 unspecified atom stereocenters. The smallest absolute Gasteiger partial charge is 0.350 e. The van der Waals surface area contributed by atoms with Crippen molar-refractivity contribution in [3.05, 3.63) is 37.1 Å². The van der Waals surface area contributed by atoms with Crippen molar-refractivity contribution in [2.24, 2.45) is 0 Å². The van der Waals surface area contributed by atoms with E-state index >= 15 is 0 Å². The van der Waals surface area contributed by atoms with Gasteiger partial charge < -0.3 is 5.32 Å². The van der Waals surface area contributed by atoms with E-state index in [0.29, 0.717) is 0 Å². The molecule has 0 aliphatic carbocycles. The molecule has 0 saturated carbocycles. The maximum absolute atomic E-state index is 11.7. The van der Waals surface area contributed by atoms with Crippen LogP contribution in [-0.4, -0.2) is 26.4 Å². The Morgan fingerprint density at radius 1 is 1.45 bits per heavy atom. The lowest BCUT2D eigenvalue weighted by molar-refractivity contribution is -0.386. The Labute approximate surface area is 113 Å². The Morgan fingerprint density at radius 2 is 2.05 bits per heavy atom. The summed E-state index contributed by atoms with van der Waals surface area (Å²) in [5.74, 6) is -0.442. The van der Waals surface area contributed by atoms with E-state index in [-0.39, 0.29) is 12.6 Å². The van der Waals surface area contributed by atoms with Crippen LogP contribution in [0.5, 0.6) is 0 Å². The largest absolute Gasteiger partial charge is 0.352 e. The van der Waals surface area contributed by atoms with Crippen LogP contribution in [0.3, 0.4) is 0 Å². The standard InChI is InChI=1S/C11H16N4O5/c1-3-7(4-2)12-9(16)6-14-5-8(15(19)20)10(17)13-11(14)18/h5,7H,3-4,6H2,1-2H3,(H,12,16)(H,13,17,18). The molecule has 1 aromatic heterocycles. The minimum Gasteiger partial charge on any atom is -0.352 e. The van der Waals surface area contributed by atoms with E-state index in [1.807, 2.05) is 13.8 Å². The molecular weight excluding hydrogens is 268 g/mol. The minimum absolute atomic E-state index is 0.0176. The molecule has 0 fully saturated rings. The Balaban J connectivity index is 2.95. The van der Waals surface area contributed by atoms with Gasteiger partial charge in [0.15, 0.2) is 0 Å². The van der Waals surface area contributed by atoms with Gasteiger partial charge in [-0.3, -0.25) is 29.3 Å². The highest BCUT2D eigenvalue weighted by Crippen LogP contribution is 2.00. The quantitative estimate of drug-likeness (QED) is 0.550. The summed E-state index contributed by atoms with van der Waals surface area (Å²) in [4.78, 5) is 45.9. The number of nitrogens with zero attached hydrogens (tertiary/aromatic N) is 2. The zero-order chi connectivity index (χ0) is 15.3. The van der Waals surface area contributed by atoms with Crippen LogP contribution >= 0.6 is 0 Å². The highest BCUT2D eigenvalue weighted by Gasteiger charge is 2.17. The van der Waals surface area contributed by atoms with Crippen molar-refractivity contribution in [2.45, 2.75) is 39.3 Å². The van der Waals surface area contributed by atoms with Gasteiger partial charge in [0.2, 0.25) is 5.91 Å². The fourth-order valence-electron chi connectivity index (χ4n) is 1.67. The number of nitrogens with one attached hydrogen (secondary N) is 2. The van der Waals surface area contributed by atoms with E-state index in [1.54, 1.807) is 4.98 Å². The summed E-state index contributed by atoms with van der Waals surface area (Å²) in [5, 5.41) is 13.3. The Bertz CT molecular complexity index is 614. The molecule has 0 saturated heterocycles. The minimum atomic E-state index is -1.09. The number of amides is 1. The molecule has 0 spiro atoms. The first-order valence-corrected chi connectivity index (χ1v) is 6.16. The summed E-state index contributed by atoms with van der Waals surface area (Å²) >= 11 is 0. The molecule has 0 bridgehead atoms. The molecule has 1 heterocycles. The van der Waals surface area contributed by atoms with Crippen LogP contribution in [0.1, 0.15) is 26.7 Å². The number of hydrogen-bond donors (Lipinski definition) is 2. The third-order valence-corrected chi connectivity index (χ3v) is 2.85. The van der Waals surface area contributed by atoms with Gasteiger partial charge in [0.1, 0.15) is 6.54 Å². The van der Waals surface area contributed by atoms with Crippen molar-refractivity contribution in [1.29, 1.82) is 0 Å². The molecule has 110 valence electrons. The number of aromatic amines is 1. The highest BCUT2D eigenvalue weighted by atomic mass is 16.6. The lowest BCUT2D eigenvalue weighted by atomic mass is 10.2. The number of carbonyl (C=O) groups is 1. The summed E-state index contributed by atoms with van der Waals surface area (Å²) in [6, 6.07) is -0.0176. The average Bonchev–Trinajstić information content (AvgIpc) is 2.38. The van der Waals surface area contributed by atoms with E-state index in [1.165, 1.54) is 0 Å². The van der Waals surface area contributed by atoms with Gasteiger partial charge in [-0.15, -0.1) is 0 Å². The van der Waals surface area contributed by atoms with Crippen LogP contribution in [0.2, 0.25) is 0 Å². The van der Waals surface area contributed by atoms with Gasteiger partial charge in [-0.2, -0.15) is 0 Å². The number of nitro groups is 1. The van der Waals surface area contributed by atoms with Crippen molar-refractivity contribution < 1.29 is 9.72 Å². The van der Waals surface area contributed by atoms with Gasteiger partial charge in [-0.25, -0.2) is 4.79 Å². The predicted molar refractivity (Wildman–Crippen MR) is 70.5 cm³/mol. The molecule has 0 aliphatic rings. The normalized spacial score (nSPS) is 10.6. The fourth-order valence-corrected chi connectivity index (χ4v) is 1.67. The molecule has 9 heteroatoms. The van der Waals surface area contributed by atoms with Crippen LogP contribution in [0.4, 0.5) is 5.69 Å². The molecule has 0 aromatic carbocycles. The first-order valence-electron chi connectivity index (χ1n) is 6.16. The summed E-state index contributed by atoms with van der Waals surface area (Å²) in [7, 11) is 0. The van der Waals surface area contributed by atoms with Gasteiger partial charge in [-0.1, -0.05) is 13.8 Å². The predicted octanol–water partition coefficient (Wildman–Crippen LogP) is -0.250. The number of rotatable bonds is 6. The van der Waals surface area contributed by atoms with E-state index in [4.69, 9.17) is 0 Å². The average molecular weight is 284 g/mol. The van der Waals surface area contributed by atoms with Crippen LogP contribution < -0.4 is 16.6 Å². The zero-order valence-corrected chi connectivity index (χ0v) is 11.2. The van der Waals surface area contributed by atoms with E-state index in [0.717, 1.165) is 23.6 Å². The third-order valence-electron chi connectivity index (χ3n) is 2.85. The summed E-state index contributed by atoms with van der Waals surface area (Å²) in [6.45, 7) is 3.43. The lowest BCUT2D eigenvalue weighted by Crippen LogP contribution is -2.40. The lowest BCUT2D eigenvalue weighted by Gasteiger charge is -2.14. The highest BCUT2D eigenvalue weighted by molar-refractivity contribution is 5.76. The second kappa shape index (κ2) is 6.64. The number of carbonyl (C=O) groups excluding carboxylic acids is 1. The Hall–Kier alpha value is -2.45. The van der Waals surface area contributed by atoms with Gasteiger partial charge >= 0.3 is 16.9 Å². The number of H-pyrrole nitrogens is 1. The van der Waals surface area contributed by atoms with Crippen molar-refractivity contribution >= 4 is 11.6 Å². The van der Waals surface area contributed by atoms with Crippen LogP contribution in [0.15, 0.2) is 15.8 Å². The van der Waals surface area contributed by atoms with Crippen LogP contribution in [0, 0.1) is 10.1 Å². The molecule has 9 nitrogen and oxygen atoms in total. The van der Waals surface area contributed by atoms with E-state index in [9.17, 15) is 24.5 Å². The topological polar surface area (TPSA) is 127 Å². The van der Waals surface area contributed by atoms with E-state index < -0.39 is 27.8 Å². The van der Waals surface area contributed by atoms with Crippen molar-refractivity contribution in [1.82, 2.24) is 14.9 Å². The summed E-state index contributed by atoms with van der Waals surface area (Å²) in [6.07, 6.45) is 2.25. The fraction of sp³-hybridized carbons (Fsp3) is 0.545. The van der Waals surface area contributed by atoms with Gasteiger partial charge in [0.05, 0.1) is 11.1 Å². The molecule has 1 amide bonds. The number of hydrogen-bond acceptors (Lipinski definition) is 5. The number of aromatic nitrogens is 2. The van der Waals surface area contributed by atoms with Crippen molar-refractivity contribution in [3.8, 4) is 0 Å². The molecular formula is C11H16N4O5. The van der Waals surface area contributed by atoms with Crippen LogP contribution in [0.25, 0.3) is 0 Å². The summed E-state index contributed by atoms with van der Waals surface area (Å²) in [5.41, 5.74) is -2.73. The van der Waals surface area contributed by atoms with Crippen molar-refractivity contribution in [3.63, 3.8) is 0 Å². The van der Waals surface area contributed by atoms with Gasteiger partial charge in [0, 0.05) is 6.04 Å². The maximum Gasteiger partial charge on any atom is 0.350 e. The molecule has 0 atom stereocenters. The maximum atomic E-state index is 11.7. The molecule has 1 aromatic rings. The second-order valence-electron chi connectivity index (χ2n) is 4.24. The molecule has 20 heavy (non-hydrogen) atoms. The van der Waals surface area contributed by atoms with E-state index in [2.05, 4.69) is 5.32 Å². The third kappa shape index (κ3) is 3.77. The van der Waals surface area contributed by atoms with Gasteiger partial charge in [-0.05, 0) is 12.8 Å². The van der Waals surface area contributed by atoms with Gasteiger partial charge in [0.25, 0.3) is 0 Å². The first kappa shape index (κ1) is 15.6. The SMILES string of the molecule is CCC(CC)NC(=O)Cn1cc([N+](=O)[O-])c(=O)[nH]c1=O. The zero-order valence-electron chi connectivity index (χ0n) is 11.2. The molecule has 1 rings (SSSR count). The Morgan fingerprint density at radius 3 is 2.55 bits per heavy atom. The first-order chi connectivity index (χ1) is 9.38. The summed E-state index contributed by atoms with van der Waals surface area (Å²) < 4.78 is 0.803. The Kier molecular flexibility index (Phi) is 5.18. The molecule has 2 N–H and O–H groups in total. The van der Waals surface area contributed by atoms with Crippen LogP contribution in [-0.2, 0) is 11.3 Å². The monoisotopic (exact) mass is 284 g/mol. The van der Waals surface area contributed by atoms with Crippen molar-refractivity contribution in [2.75, 3.05) is 0 Å².